The maximum absolute atomic E-state index is 10.3. The van der Waals surface area contributed by atoms with Crippen LogP contribution in [-0.2, 0) is 24.0 Å². The summed E-state index contributed by atoms with van der Waals surface area (Å²) in [5.41, 5.74) is 7.41. The van der Waals surface area contributed by atoms with E-state index in [4.69, 9.17) is 14.2 Å². The van der Waals surface area contributed by atoms with Crippen molar-refractivity contribution in [3.8, 4) is 11.5 Å². The highest BCUT2D eigenvalue weighted by Crippen LogP contribution is 2.40. The van der Waals surface area contributed by atoms with Crippen LogP contribution in [0.3, 0.4) is 0 Å². The van der Waals surface area contributed by atoms with E-state index in [1.807, 2.05) is 12.1 Å². The lowest BCUT2D eigenvalue weighted by Gasteiger charge is -2.37. The summed E-state index contributed by atoms with van der Waals surface area (Å²) in [6.07, 6.45) is 1.18. The maximum Gasteiger partial charge on any atom is 0.160 e. The van der Waals surface area contributed by atoms with Gasteiger partial charge in [0.15, 0.2) is 11.5 Å². The van der Waals surface area contributed by atoms with Crippen molar-refractivity contribution in [1.29, 1.82) is 0 Å². The van der Waals surface area contributed by atoms with Gasteiger partial charge in [0, 0.05) is 6.42 Å². The van der Waals surface area contributed by atoms with Crippen LogP contribution in [0.1, 0.15) is 52.3 Å². The molecule has 0 aromatic heterocycles. The normalized spacial score (nSPS) is 25.4. The van der Waals surface area contributed by atoms with E-state index in [1.165, 1.54) is 22.3 Å². The van der Waals surface area contributed by atoms with E-state index in [2.05, 4.69) is 19.1 Å². The molecule has 0 spiro atoms. The molecule has 1 aliphatic carbocycles. The quantitative estimate of drug-likeness (QED) is 0.656. The minimum Gasteiger partial charge on any atom is -0.493 e. The van der Waals surface area contributed by atoms with Gasteiger partial charge in [0.2, 0.25) is 0 Å². The summed E-state index contributed by atoms with van der Waals surface area (Å²) in [5, 5.41) is 30.0. The molecule has 0 amide bonds. The zero-order valence-electron chi connectivity index (χ0n) is 18.4. The van der Waals surface area contributed by atoms with Gasteiger partial charge in [-0.2, -0.15) is 0 Å². The van der Waals surface area contributed by atoms with Crippen LogP contribution < -0.4 is 9.47 Å². The van der Waals surface area contributed by atoms with Gasteiger partial charge in [0.25, 0.3) is 0 Å². The summed E-state index contributed by atoms with van der Waals surface area (Å²) in [7, 11) is 3.27. The number of hydrogen-bond acceptors (Lipinski definition) is 6. The van der Waals surface area contributed by atoms with Crippen LogP contribution in [0, 0.1) is 6.92 Å². The molecule has 1 saturated heterocycles. The summed E-state index contributed by atoms with van der Waals surface area (Å²) in [4.78, 5) is 0. The smallest absolute Gasteiger partial charge is 0.160 e. The largest absolute Gasteiger partial charge is 0.493 e. The Balaban J connectivity index is 1.71. The van der Waals surface area contributed by atoms with Gasteiger partial charge in [0.05, 0.1) is 33.0 Å². The van der Waals surface area contributed by atoms with Crippen molar-refractivity contribution in [2.24, 2.45) is 0 Å². The molecular formula is C25H32O6. The third kappa shape index (κ3) is 4.17. The summed E-state index contributed by atoms with van der Waals surface area (Å²) < 4.78 is 16.9. The van der Waals surface area contributed by atoms with Crippen molar-refractivity contribution in [3.63, 3.8) is 0 Å². The average molecular weight is 429 g/mol. The first-order valence-electron chi connectivity index (χ1n) is 10.9. The molecule has 2 aliphatic rings. The van der Waals surface area contributed by atoms with Gasteiger partial charge in [-0.25, -0.2) is 0 Å². The van der Waals surface area contributed by atoms with Crippen LogP contribution >= 0.6 is 0 Å². The van der Waals surface area contributed by atoms with E-state index < -0.39 is 18.3 Å². The van der Waals surface area contributed by atoms with Crippen molar-refractivity contribution in [2.45, 2.75) is 63.4 Å². The number of benzene rings is 2. The molecule has 0 bridgehead atoms. The number of ether oxygens (including phenoxy) is 3. The number of fused-ring (bicyclic) bond motifs is 1. The molecule has 168 valence electrons. The van der Waals surface area contributed by atoms with Crippen molar-refractivity contribution in [2.75, 3.05) is 20.8 Å². The number of aliphatic hydroxyl groups is 3. The molecule has 0 radical (unpaired) electrons. The van der Waals surface area contributed by atoms with Gasteiger partial charge >= 0.3 is 0 Å². The molecule has 6 nitrogen and oxygen atoms in total. The molecule has 31 heavy (non-hydrogen) atoms. The second-order valence-electron chi connectivity index (χ2n) is 8.57. The SMILES string of the molecule is COc1ccc(Cc2cc([C@H]3C[C@@H](O)[C@@H](O)[C@@H](CO)O3)c(C)c3c2CCC3)cc1OC. The van der Waals surface area contributed by atoms with Gasteiger partial charge in [-0.3, -0.25) is 0 Å². The number of aliphatic hydroxyl groups excluding tert-OH is 3. The van der Waals surface area contributed by atoms with E-state index in [-0.39, 0.29) is 12.7 Å². The fraction of sp³-hybridized carbons (Fsp3) is 0.520. The Kier molecular flexibility index (Phi) is 6.53. The first-order chi connectivity index (χ1) is 15.0. The molecule has 6 heteroatoms. The Labute approximate surface area is 183 Å². The zero-order chi connectivity index (χ0) is 22.1. The fourth-order valence-corrected chi connectivity index (χ4v) is 5.08. The Bertz CT molecular complexity index is 940. The molecule has 1 heterocycles. The van der Waals surface area contributed by atoms with Gasteiger partial charge in [-0.05, 0) is 78.1 Å². The molecule has 2 aromatic rings. The molecule has 0 unspecified atom stereocenters. The van der Waals surface area contributed by atoms with Crippen molar-refractivity contribution in [3.05, 3.63) is 57.6 Å². The monoisotopic (exact) mass is 428 g/mol. The first-order valence-corrected chi connectivity index (χ1v) is 10.9. The number of methoxy groups -OCH3 is 2. The van der Waals surface area contributed by atoms with Crippen molar-refractivity contribution in [1.82, 2.24) is 0 Å². The van der Waals surface area contributed by atoms with Crippen LogP contribution in [0.25, 0.3) is 0 Å². The van der Waals surface area contributed by atoms with E-state index in [0.29, 0.717) is 17.9 Å². The summed E-state index contributed by atoms with van der Waals surface area (Å²) >= 11 is 0. The standard InChI is InChI=1S/C25H32O6/c1-14-17-5-4-6-18(17)16(9-15-7-8-21(29-2)23(10-15)30-3)11-19(14)22-12-20(27)25(28)24(13-26)31-22/h7-8,10-11,20,22,24-28H,4-6,9,12-13H2,1-3H3/t20-,22-,24-,25-/m1/s1. The third-order valence-electron chi connectivity index (χ3n) is 6.76. The van der Waals surface area contributed by atoms with Crippen LogP contribution in [0.4, 0.5) is 0 Å². The summed E-state index contributed by atoms with van der Waals surface area (Å²) in [6.45, 7) is 1.80. The highest BCUT2D eigenvalue weighted by molar-refractivity contribution is 5.51. The van der Waals surface area contributed by atoms with E-state index in [0.717, 1.165) is 36.8 Å². The molecule has 0 saturated carbocycles. The van der Waals surface area contributed by atoms with Crippen LogP contribution in [0.15, 0.2) is 24.3 Å². The second kappa shape index (κ2) is 9.17. The van der Waals surface area contributed by atoms with Crippen LogP contribution in [-0.4, -0.2) is 54.5 Å². The third-order valence-corrected chi connectivity index (χ3v) is 6.76. The first kappa shape index (κ1) is 22.1. The number of rotatable bonds is 6. The van der Waals surface area contributed by atoms with Crippen molar-refractivity contribution < 1.29 is 29.5 Å². The predicted octanol–water partition coefficient (Wildman–Crippen LogP) is 2.64. The van der Waals surface area contributed by atoms with Crippen molar-refractivity contribution >= 4 is 0 Å². The molecule has 1 aliphatic heterocycles. The predicted molar refractivity (Wildman–Crippen MR) is 117 cm³/mol. The van der Waals surface area contributed by atoms with Gasteiger partial charge in [0.1, 0.15) is 12.2 Å². The molecule has 4 atom stereocenters. The number of hydrogen-bond donors (Lipinski definition) is 3. The van der Waals surface area contributed by atoms with E-state index in [1.54, 1.807) is 14.2 Å². The molecule has 4 rings (SSSR count). The minimum atomic E-state index is -1.07. The Morgan fingerprint density at radius 3 is 2.48 bits per heavy atom. The Morgan fingerprint density at radius 1 is 1.03 bits per heavy atom. The fourth-order valence-electron chi connectivity index (χ4n) is 5.08. The van der Waals surface area contributed by atoms with Gasteiger partial charge in [-0.15, -0.1) is 0 Å². The van der Waals surface area contributed by atoms with Gasteiger partial charge in [-0.1, -0.05) is 12.1 Å². The average Bonchev–Trinajstić information content (AvgIpc) is 3.28. The van der Waals surface area contributed by atoms with Crippen LogP contribution in [0.2, 0.25) is 0 Å². The maximum atomic E-state index is 10.3. The molecule has 3 N–H and O–H groups in total. The highest BCUT2D eigenvalue weighted by atomic mass is 16.5. The lowest BCUT2D eigenvalue weighted by Crippen LogP contribution is -2.47. The van der Waals surface area contributed by atoms with Gasteiger partial charge < -0.3 is 29.5 Å². The second-order valence-corrected chi connectivity index (χ2v) is 8.57. The highest BCUT2D eigenvalue weighted by Gasteiger charge is 2.38. The lowest BCUT2D eigenvalue weighted by atomic mass is 9.85. The molecule has 1 fully saturated rings. The summed E-state index contributed by atoms with van der Waals surface area (Å²) in [6, 6.07) is 8.19. The van der Waals surface area contributed by atoms with Crippen LogP contribution in [0.5, 0.6) is 11.5 Å². The van der Waals surface area contributed by atoms with E-state index >= 15 is 0 Å². The minimum absolute atomic E-state index is 0.313. The zero-order valence-corrected chi connectivity index (χ0v) is 18.4. The Hall–Kier alpha value is -2.12. The topological polar surface area (TPSA) is 88.4 Å². The summed E-state index contributed by atoms with van der Waals surface area (Å²) in [5.74, 6) is 1.42. The van der Waals surface area contributed by atoms with E-state index in [9.17, 15) is 15.3 Å². The molecule has 2 aromatic carbocycles. The molecular weight excluding hydrogens is 396 g/mol. The lowest BCUT2D eigenvalue weighted by molar-refractivity contribution is -0.181. The Morgan fingerprint density at radius 2 is 1.77 bits per heavy atom.